The Kier molecular flexibility index (Phi) is 6.77. The minimum absolute atomic E-state index is 0.0110. The van der Waals surface area contributed by atoms with Crippen LogP contribution in [0.15, 0.2) is 54.9 Å². The van der Waals surface area contributed by atoms with Gasteiger partial charge in [0.05, 0.1) is 17.5 Å². The number of nitrogens with two attached hydrogens (primary N) is 1. The first-order chi connectivity index (χ1) is 17.8. The quantitative estimate of drug-likeness (QED) is 0.295. The van der Waals surface area contributed by atoms with E-state index in [1.165, 1.54) is 6.33 Å². The van der Waals surface area contributed by atoms with E-state index in [-0.39, 0.29) is 24.1 Å². The Morgan fingerprint density at radius 1 is 1.03 bits per heavy atom. The number of halogens is 1. The van der Waals surface area contributed by atoms with Crippen molar-refractivity contribution in [1.29, 1.82) is 0 Å². The molecule has 2 aromatic heterocycles. The van der Waals surface area contributed by atoms with Gasteiger partial charge in [-0.3, -0.25) is 4.57 Å². The van der Waals surface area contributed by atoms with Crippen LogP contribution < -0.4 is 5.73 Å². The lowest BCUT2D eigenvalue weighted by Crippen LogP contribution is -2.32. The first kappa shape index (κ1) is 24.7. The minimum Gasteiger partial charge on any atom is -0.459 e. The van der Waals surface area contributed by atoms with Crippen molar-refractivity contribution in [2.24, 2.45) is 0 Å². The van der Waals surface area contributed by atoms with Crippen molar-refractivity contribution < 1.29 is 23.8 Å². The number of fused-ring (bicyclic) bond motifs is 1. The van der Waals surface area contributed by atoms with Gasteiger partial charge in [0.15, 0.2) is 10.8 Å². The van der Waals surface area contributed by atoms with Gasteiger partial charge in [-0.1, -0.05) is 47.0 Å². The zero-order chi connectivity index (χ0) is 26.1. The molecule has 1 aliphatic heterocycles. The van der Waals surface area contributed by atoms with Crippen molar-refractivity contribution in [3.63, 3.8) is 0 Å². The molecule has 0 unspecified atom stereocenters. The van der Waals surface area contributed by atoms with Crippen LogP contribution in [0.5, 0.6) is 0 Å². The third kappa shape index (κ3) is 5.25. The molecule has 10 nitrogen and oxygen atoms in total. The molecule has 4 aromatic rings. The number of carbonyl (C=O) groups is 2. The second kappa shape index (κ2) is 10.2. The molecular weight excluding hydrogens is 498 g/mol. The third-order valence-electron chi connectivity index (χ3n) is 6.10. The number of esters is 2. The summed E-state index contributed by atoms with van der Waals surface area (Å²) < 4.78 is 19.2. The number of anilines is 1. The highest BCUT2D eigenvalue weighted by Gasteiger charge is 2.40. The molecule has 0 saturated carbocycles. The lowest BCUT2D eigenvalue weighted by molar-refractivity contribution is -0.0563. The van der Waals surface area contributed by atoms with Gasteiger partial charge in [0.2, 0.25) is 5.95 Å². The average Bonchev–Trinajstić information content (AvgIpc) is 3.47. The fourth-order valence-corrected chi connectivity index (χ4v) is 4.30. The van der Waals surface area contributed by atoms with Gasteiger partial charge in [0, 0.05) is 6.42 Å². The van der Waals surface area contributed by atoms with Gasteiger partial charge in [-0.25, -0.2) is 14.6 Å². The summed E-state index contributed by atoms with van der Waals surface area (Å²) in [5, 5.41) is 0.116. The highest BCUT2D eigenvalue weighted by molar-refractivity contribution is 6.33. The van der Waals surface area contributed by atoms with Crippen LogP contribution in [0.1, 0.15) is 44.5 Å². The number of carbonyl (C=O) groups excluding carboxylic acids is 2. The molecule has 11 heteroatoms. The summed E-state index contributed by atoms with van der Waals surface area (Å²) in [7, 11) is 0. The third-order valence-corrected chi connectivity index (χ3v) is 6.36. The van der Waals surface area contributed by atoms with Crippen LogP contribution in [0.4, 0.5) is 5.95 Å². The molecule has 1 fully saturated rings. The number of aromatic nitrogens is 4. The summed E-state index contributed by atoms with van der Waals surface area (Å²) in [5.41, 5.74) is 9.39. The van der Waals surface area contributed by atoms with E-state index < -0.39 is 30.4 Å². The Morgan fingerprint density at radius 2 is 1.65 bits per heavy atom. The molecule has 2 N–H and O–H groups in total. The lowest BCUT2D eigenvalue weighted by Gasteiger charge is -2.19. The number of rotatable bonds is 6. The van der Waals surface area contributed by atoms with Crippen LogP contribution in [0, 0.1) is 13.8 Å². The van der Waals surface area contributed by atoms with Crippen molar-refractivity contribution >= 4 is 40.7 Å². The van der Waals surface area contributed by atoms with E-state index in [0.717, 1.165) is 11.1 Å². The van der Waals surface area contributed by atoms with Crippen molar-refractivity contribution in [3.05, 3.63) is 82.3 Å². The molecule has 0 aliphatic carbocycles. The topological polar surface area (TPSA) is 131 Å². The van der Waals surface area contributed by atoms with E-state index in [0.29, 0.717) is 22.3 Å². The molecule has 0 radical (unpaired) electrons. The molecule has 190 valence electrons. The average molecular weight is 522 g/mol. The summed E-state index contributed by atoms with van der Waals surface area (Å²) in [5.74, 6) is -1.02. The Balaban J connectivity index is 1.37. The Labute approximate surface area is 217 Å². The van der Waals surface area contributed by atoms with Crippen LogP contribution in [0.3, 0.4) is 0 Å². The minimum atomic E-state index is -0.735. The molecule has 5 rings (SSSR count). The summed E-state index contributed by atoms with van der Waals surface area (Å²) in [6, 6.07) is 14.1. The normalized spacial score (nSPS) is 19.2. The van der Waals surface area contributed by atoms with Crippen molar-refractivity contribution in [2.75, 3.05) is 12.3 Å². The Morgan fingerprint density at radius 3 is 2.30 bits per heavy atom. The predicted molar refractivity (Wildman–Crippen MR) is 135 cm³/mol. The van der Waals surface area contributed by atoms with E-state index in [9.17, 15) is 9.59 Å². The van der Waals surface area contributed by atoms with Crippen LogP contribution in [-0.2, 0) is 14.2 Å². The van der Waals surface area contributed by atoms with Crippen molar-refractivity contribution in [3.8, 4) is 0 Å². The molecule has 0 spiro atoms. The monoisotopic (exact) mass is 521 g/mol. The van der Waals surface area contributed by atoms with Gasteiger partial charge in [-0.05, 0) is 38.1 Å². The Bertz CT molecular complexity index is 1460. The number of aryl methyl sites for hydroxylation is 2. The fourth-order valence-electron chi connectivity index (χ4n) is 4.08. The van der Waals surface area contributed by atoms with Crippen LogP contribution in [0.2, 0.25) is 5.15 Å². The van der Waals surface area contributed by atoms with Gasteiger partial charge < -0.3 is 19.9 Å². The van der Waals surface area contributed by atoms with E-state index in [1.54, 1.807) is 28.8 Å². The number of ether oxygens (including phenoxy) is 3. The summed E-state index contributed by atoms with van der Waals surface area (Å²) in [6.07, 6.45) is -0.307. The van der Waals surface area contributed by atoms with Crippen molar-refractivity contribution in [2.45, 2.75) is 38.7 Å². The molecular formula is C26H24ClN5O5. The maximum absolute atomic E-state index is 12.9. The summed E-state index contributed by atoms with van der Waals surface area (Å²) in [6.45, 7) is 3.74. The molecule has 2 aromatic carbocycles. The highest BCUT2D eigenvalue weighted by atomic mass is 35.5. The van der Waals surface area contributed by atoms with Crippen LogP contribution >= 0.6 is 11.6 Å². The molecule has 3 atom stereocenters. The first-order valence-corrected chi connectivity index (χ1v) is 12.0. The van der Waals surface area contributed by atoms with Gasteiger partial charge in [-0.2, -0.15) is 9.97 Å². The van der Waals surface area contributed by atoms with Gasteiger partial charge >= 0.3 is 11.9 Å². The van der Waals surface area contributed by atoms with E-state index >= 15 is 0 Å². The standard InChI is InChI=1S/C26H24ClN5O5/c1-14-3-7-16(8-4-14)24(33)35-12-19-18(37-25(34)17-9-5-15(2)6-10-17)11-20(36-19)32-13-29-21-22(27)30-26(28)31-23(21)32/h3-10,13,18-20H,11-12H2,1-2H3,(H2,28,30,31)/t18-,19+,20+/m0/s1. The molecule has 37 heavy (non-hydrogen) atoms. The van der Waals surface area contributed by atoms with Crippen LogP contribution in [-0.4, -0.2) is 50.3 Å². The highest BCUT2D eigenvalue weighted by Crippen LogP contribution is 2.34. The number of benzene rings is 2. The summed E-state index contributed by atoms with van der Waals surface area (Å²) >= 11 is 6.17. The van der Waals surface area contributed by atoms with Gasteiger partial charge in [0.1, 0.15) is 30.6 Å². The zero-order valence-electron chi connectivity index (χ0n) is 20.1. The zero-order valence-corrected chi connectivity index (χ0v) is 20.9. The predicted octanol–water partition coefficient (Wildman–Crippen LogP) is 4.05. The van der Waals surface area contributed by atoms with E-state index in [1.807, 2.05) is 38.1 Å². The van der Waals surface area contributed by atoms with Gasteiger partial charge in [0.25, 0.3) is 0 Å². The fraction of sp³-hybridized carbons (Fsp3) is 0.269. The number of nitrogens with zero attached hydrogens (tertiary/aromatic N) is 4. The molecule has 0 amide bonds. The summed E-state index contributed by atoms with van der Waals surface area (Å²) in [4.78, 5) is 37.9. The number of nitrogen functional groups attached to an aromatic ring is 1. The van der Waals surface area contributed by atoms with E-state index in [2.05, 4.69) is 15.0 Å². The molecule has 0 bridgehead atoms. The maximum atomic E-state index is 12.9. The number of hydrogen-bond donors (Lipinski definition) is 1. The van der Waals surface area contributed by atoms with Crippen LogP contribution in [0.25, 0.3) is 11.2 Å². The van der Waals surface area contributed by atoms with E-state index in [4.69, 9.17) is 31.5 Å². The molecule has 1 saturated heterocycles. The largest absolute Gasteiger partial charge is 0.459 e. The molecule has 3 heterocycles. The Hall–Kier alpha value is -4.02. The smallest absolute Gasteiger partial charge is 0.338 e. The maximum Gasteiger partial charge on any atom is 0.338 e. The number of imidazole rings is 1. The number of hydrogen-bond acceptors (Lipinski definition) is 9. The molecule has 1 aliphatic rings. The van der Waals surface area contributed by atoms with Crippen molar-refractivity contribution in [1.82, 2.24) is 19.5 Å². The lowest BCUT2D eigenvalue weighted by atomic mass is 10.1. The van der Waals surface area contributed by atoms with Gasteiger partial charge in [-0.15, -0.1) is 0 Å². The second-order valence-corrected chi connectivity index (χ2v) is 9.19. The second-order valence-electron chi connectivity index (χ2n) is 8.84. The SMILES string of the molecule is Cc1ccc(C(=O)OC[C@H]2O[C@@H](n3cnc4c(Cl)nc(N)nc43)C[C@@H]2OC(=O)c2ccc(C)cc2)cc1. The first-order valence-electron chi connectivity index (χ1n) is 11.6.